The van der Waals surface area contributed by atoms with Crippen LogP contribution in [0.2, 0.25) is 0 Å². The van der Waals surface area contributed by atoms with Crippen molar-refractivity contribution in [1.29, 1.82) is 0 Å². The van der Waals surface area contributed by atoms with Gasteiger partial charge in [0.25, 0.3) is 5.56 Å². The number of alkyl halides is 6. The molecule has 0 radical (unpaired) electrons. The number of fused-ring (bicyclic) bond motifs is 1. The number of ether oxygens (including phenoxy) is 1. The van der Waals surface area contributed by atoms with Crippen molar-refractivity contribution in [3.8, 4) is 23.1 Å². The monoisotopic (exact) mass is 767 g/mol. The van der Waals surface area contributed by atoms with E-state index in [1.54, 1.807) is 24.0 Å². The van der Waals surface area contributed by atoms with Gasteiger partial charge in [-0.25, -0.2) is 37.6 Å². The number of hydrogen-bond donors (Lipinski definition) is 3. The molecule has 17 nitrogen and oxygen atoms in total. The van der Waals surface area contributed by atoms with Gasteiger partial charge in [0.2, 0.25) is 15.9 Å². The van der Waals surface area contributed by atoms with Gasteiger partial charge in [-0.2, -0.15) is 35.7 Å². The molecule has 0 bridgehead atoms. The molecule has 5 heterocycles. The number of hydrogen-bond acceptors (Lipinski definition) is 12. The molecule has 5 rings (SSSR count). The SMILES string of the molecule is CCOc1ncc(S(=O)(=O)N2CCN(CC)CC2)cc1-c1nc2c(CC)n(-c3cnccn3)nc2c(=O)[nH]1.O=C(O)C(F)(F)F.O=C(O)C(F)(F)F. The molecule has 52 heavy (non-hydrogen) atoms. The summed E-state index contributed by atoms with van der Waals surface area (Å²) in [6, 6.07) is 1.46. The van der Waals surface area contributed by atoms with Crippen molar-refractivity contribution in [1.82, 2.24) is 43.9 Å². The Morgan fingerprint density at radius 1 is 0.923 bits per heavy atom. The predicted molar refractivity (Wildman–Crippen MR) is 167 cm³/mol. The first-order valence-corrected chi connectivity index (χ1v) is 16.4. The highest BCUT2D eigenvalue weighted by molar-refractivity contribution is 7.89. The van der Waals surface area contributed by atoms with E-state index in [0.29, 0.717) is 56.2 Å². The van der Waals surface area contributed by atoms with E-state index in [1.807, 2.05) is 6.92 Å². The minimum atomic E-state index is -5.08. The highest BCUT2D eigenvalue weighted by Gasteiger charge is 2.39. The molecule has 0 saturated carbocycles. The van der Waals surface area contributed by atoms with Crippen molar-refractivity contribution in [2.45, 2.75) is 44.4 Å². The molecule has 0 aliphatic carbocycles. The molecule has 0 amide bonds. The van der Waals surface area contributed by atoms with Crippen LogP contribution in [0.5, 0.6) is 5.88 Å². The largest absolute Gasteiger partial charge is 0.490 e. The number of carbonyl (C=O) groups is 2. The van der Waals surface area contributed by atoms with E-state index in [0.717, 1.165) is 6.54 Å². The van der Waals surface area contributed by atoms with E-state index in [9.17, 15) is 39.6 Å². The fraction of sp³-hybridized carbons (Fsp3) is 0.429. The number of carboxylic acid groups (broad SMARTS) is 2. The van der Waals surface area contributed by atoms with Crippen LogP contribution in [0, 0.1) is 0 Å². The number of halogens is 6. The molecule has 284 valence electrons. The van der Waals surface area contributed by atoms with E-state index in [4.69, 9.17) is 29.5 Å². The molecule has 4 aromatic heterocycles. The maximum Gasteiger partial charge on any atom is 0.490 e. The molecule has 3 N–H and O–H groups in total. The van der Waals surface area contributed by atoms with Gasteiger partial charge in [0.15, 0.2) is 11.3 Å². The maximum atomic E-state index is 13.5. The number of aromatic amines is 1. The summed E-state index contributed by atoms with van der Waals surface area (Å²) >= 11 is 0. The Morgan fingerprint density at radius 3 is 2.00 bits per heavy atom. The van der Waals surface area contributed by atoms with Gasteiger partial charge in [-0.3, -0.25) is 9.78 Å². The minimum absolute atomic E-state index is 0.00891. The summed E-state index contributed by atoms with van der Waals surface area (Å²) in [5.41, 5.74) is 0.974. The third-order valence-electron chi connectivity index (χ3n) is 6.99. The lowest BCUT2D eigenvalue weighted by atomic mass is 10.2. The van der Waals surface area contributed by atoms with E-state index in [1.165, 1.54) is 22.8 Å². The molecule has 1 saturated heterocycles. The molecule has 24 heteroatoms. The second kappa shape index (κ2) is 16.9. The summed E-state index contributed by atoms with van der Waals surface area (Å²) in [6.07, 6.45) is -3.73. The zero-order valence-electron chi connectivity index (χ0n) is 27.4. The Balaban J connectivity index is 0.000000441. The van der Waals surface area contributed by atoms with Gasteiger partial charge >= 0.3 is 24.3 Å². The van der Waals surface area contributed by atoms with Gasteiger partial charge in [0, 0.05) is 38.6 Å². The van der Waals surface area contributed by atoms with Crippen LogP contribution in [-0.4, -0.2) is 126 Å². The number of piperazine rings is 1. The van der Waals surface area contributed by atoms with Crippen LogP contribution < -0.4 is 10.3 Å². The lowest BCUT2D eigenvalue weighted by Gasteiger charge is -2.33. The number of nitrogens with one attached hydrogen (secondary N) is 1. The van der Waals surface area contributed by atoms with Crippen molar-refractivity contribution >= 4 is 33.0 Å². The fourth-order valence-electron chi connectivity index (χ4n) is 4.49. The standard InChI is InChI=1S/C24H29N9O4S.2C2HF3O2/c1-4-18-20-21(30-33(18)19-15-25-7-8-26-19)23(34)29-22(28-20)17-13-16(14-27-24(17)37-6-3)38(35,36)32-11-9-31(5-2)10-12-32;2*3-2(4,5)1(6)7/h7-8,13-15H,4-6,9-12H2,1-3H3,(H,28,29,34);2*(H,6,7). The molecular weight excluding hydrogens is 736 g/mol. The number of nitrogens with zero attached hydrogens (tertiary/aromatic N) is 8. The Hall–Kier alpha value is -5.23. The van der Waals surface area contributed by atoms with Crippen molar-refractivity contribution < 1.29 is 59.3 Å². The number of aromatic nitrogens is 7. The first-order valence-electron chi connectivity index (χ1n) is 15.0. The second-order valence-electron chi connectivity index (χ2n) is 10.3. The first-order chi connectivity index (χ1) is 24.3. The number of rotatable bonds is 8. The zero-order chi connectivity index (χ0) is 39.0. The van der Waals surface area contributed by atoms with Gasteiger partial charge in [0.05, 0.1) is 30.3 Å². The molecule has 1 fully saturated rings. The molecule has 0 aromatic carbocycles. The van der Waals surface area contributed by atoms with Crippen LogP contribution in [0.15, 0.2) is 40.5 Å². The zero-order valence-corrected chi connectivity index (χ0v) is 28.3. The normalized spacial score (nSPS) is 14.2. The molecule has 0 atom stereocenters. The van der Waals surface area contributed by atoms with E-state index >= 15 is 0 Å². The third-order valence-corrected chi connectivity index (χ3v) is 8.85. The van der Waals surface area contributed by atoms with Gasteiger partial charge in [-0.1, -0.05) is 13.8 Å². The molecule has 0 unspecified atom stereocenters. The summed E-state index contributed by atoms with van der Waals surface area (Å²) in [6.45, 7) is 9.04. The molecule has 1 aliphatic rings. The van der Waals surface area contributed by atoms with Crippen molar-refractivity contribution in [2.75, 3.05) is 39.3 Å². The lowest BCUT2D eigenvalue weighted by Crippen LogP contribution is -2.48. The number of aliphatic carboxylic acids is 2. The Labute approximate surface area is 290 Å². The van der Waals surface area contributed by atoms with Crippen molar-refractivity contribution in [2.24, 2.45) is 0 Å². The fourth-order valence-corrected chi connectivity index (χ4v) is 5.88. The Morgan fingerprint density at radius 2 is 1.52 bits per heavy atom. The smallest absolute Gasteiger partial charge is 0.477 e. The van der Waals surface area contributed by atoms with Crippen LogP contribution in [0.1, 0.15) is 26.5 Å². The highest BCUT2D eigenvalue weighted by Crippen LogP contribution is 2.30. The number of likely N-dealkylation sites (N-methyl/N-ethyl adjacent to an activating group) is 1. The average molecular weight is 768 g/mol. The number of carboxylic acids is 2. The van der Waals surface area contributed by atoms with Crippen LogP contribution >= 0.6 is 0 Å². The Bertz CT molecular complexity index is 2010. The number of pyridine rings is 1. The number of sulfonamides is 1. The Kier molecular flexibility index (Phi) is 13.4. The molecule has 1 aliphatic heterocycles. The van der Waals surface area contributed by atoms with Crippen molar-refractivity contribution in [3.05, 3.63) is 46.9 Å². The van der Waals surface area contributed by atoms with Crippen LogP contribution in [0.4, 0.5) is 26.3 Å². The van der Waals surface area contributed by atoms with E-state index in [-0.39, 0.29) is 27.7 Å². The van der Waals surface area contributed by atoms with Gasteiger partial charge in [-0.15, -0.1) is 0 Å². The maximum absolute atomic E-state index is 13.5. The van der Waals surface area contributed by atoms with E-state index < -0.39 is 39.9 Å². The summed E-state index contributed by atoms with van der Waals surface area (Å²) in [7, 11) is -3.82. The van der Waals surface area contributed by atoms with Crippen LogP contribution in [0.3, 0.4) is 0 Å². The van der Waals surface area contributed by atoms with Gasteiger partial charge in [0.1, 0.15) is 16.2 Å². The summed E-state index contributed by atoms with van der Waals surface area (Å²) in [4.78, 5) is 53.3. The first kappa shape index (κ1) is 41.2. The van der Waals surface area contributed by atoms with Crippen molar-refractivity contribution in [3.63, 3.8) is 0 Å². The van der Waals surface area contributed by atoms with Crippen LogP contribution in [0.25, 0.3) is 28.2 Å². The molecule has 4 aromatic rings. The quantitative estimate of drug-likeness (QED) is 0.219. The van der Waals surface area contributed by atoms with Gasteiger partial charge in [-0.05, 0) is 26.0 Å². The molecular formula is C28H31F6N9O8S. The lowest BCUT2D eigenvalue weighted by molar-refractivity contribution is -0.193. The predicted octanol–water partition coefficient (Wildman–Crippen LogP) is 2.51. The summed E-state index contributed by atoms with van der Waals surface area (Å²) in [5.74, 6) is -4.75. The number of aryl methyl sites for hydroxylation is 1. The average Bonchev–Trinajstić information content (AvgIpc) is 3.48. The second-order valence-corrected chi connectivity index (χ2v) is 12.2. The highest BCUT2D eigenvalue weighted by atomic mass is 32.2. The van der Waals surface area contributed by atoms with Gasteiger partial charge < -0.3 is 24.8 Å². The summed E-state index contributed by atoms with van der Waals surface area (Å²) < 4.78 is 99.1. The van der Waals surface area contributed by atoms with Crippen LogP contribution in [-0.2, 0) is 26.0 Å². The molecule has 0 spiro atoms. The summed E-state index contributed by atoms with van der Waals surface area (Å²) in [5, 5.41) is 18.7. The topological polar surface area (TPSA) is 227 Å². The van der Waals surface area contributed by atoms with E-state index in [2.05, 4.69) is 36.9 Å². The minimum Gasteiger partial charge on any atom is -0.477 e. The third kappa shape index (κ3) is 9.97. The number of H-pyrrole nitrogens is 1.